The molecule has 3 unspecified atom stereocenters. The monoisotopic (exact) mass is 394 g/mol. The first-order valence-corrected chi connectivity index (χ1v) is 9.62. The Labute approximate surface area is 148 Å². The highest BCUT2D eigenvalue weighted by molar-refractivity contribution is 7.53. The molecule has 1 aliphatic heterocycles. The number of aliphatic hydroxyl groups is 3. The fourth-order valence-electron chi connectivity index (χ4n) is 2.76. The van der Waals surface area contributed by atoms with E-state index in [0.29, 0.717) is 0 Å². The summed E-state index contributed by atoms with van der Waals surface area (Å²) in [5, 5.41) is 30.1. The molecule has 0 saturated carbocycles. The fourth-order valence-corrected chi connectivity index (χ4v) is 3.75. The molecule has 0 aromatic carbocycles. The van der Waals surface area contributed by atoms with E-state index < -0.39 is 54.7 Å². The van der Waals surface area contributed by atoms with Crippen LogP contribution in [0.3, 0.4) is 0 Å². The van der Waals surface area contributed by atoms with E-state index in [1.807, 2.05) is 4.98 Å². The Morgan fingerprint density at radius 2 is 2.00 bits per heavy atom. The molecule has 1 aromatic heterocycles. The molecule has 7 atom stereocenters. The number of ether oxygens (including phenoxy) is 1. The zero-order valence-electron chi connectivity index (χ0n) is 14.4. The van der Waals surface area contributed by atoms with Crippen molar-refractivity contribution >= 4 is 7.60 Å². The summed E-state index contributed by atoms with van der Waals surface area (Å²) in [5.41, 5.74) is -3.23. The van der Waals surface area contributed by atoms with E-state index in [2.05, 4.69) is 4.98 Å². The van der Waals surface area contributed by atoms with Crippen LogP contribution in [0, 0.1) is 0 Å². The van der Waals surface area contributed by atoms with Crippen molar-refractivity contribution in [2.45, 2.75) is 63.1 Å². The van der Waals surface area contributed by atoms with Gasteiger partial charge in [0.05, 0.1) is 5.56 Å². The Morgan fingerprint density at radius 1 is 1.38 bits per heavy atom. The molecule has 0 spiro atoms. The van der Waals surface area contributed by atoms with Crippen molar-refractivity contribution in [1.82, 2.24) is 9.97 Å². The molecule has 1 fully saturated rings. The molecule has 1 saturated heterocycles. The third kappa shape index (κ3) is 3.84. The van der Waals surface area contributed by atoms with Gasteiger partial charge in [-0.3, -0.25) is 18.9 Å². The molecule has 6 N–H and O–H groups in total. The number of H-pyrrole nitrogens is 2. The first-order valence-electron chi connectivity index (χ1n) is 7.97. The van der Waals surface area contributed by atoms with Crippen molar-refractivity contribution in [1.29, 1.82) is 0 Å². The predicted octanol–water partition coefficient (Wildman–Crippen LogP) is -1.07. The van der Waals surface area contributed by atoms with E-state index in [0.717, 1.165) is 13.1 Å². The lowest BCUT2D eigenvalue weighted by atomic mass is 9.91. The maximum absolute atomic E-state index is 12.1. The van der Waals surface area contributed by atoms with Crippen LogP contribution in [-0.4, -0.2) is 59.9 Å². The van der Waals surface area contributed by atoms with Gasteiger partial charge < -0.3 is 29.9 Å². The Kier molecular flexibility index (Phi) is 5.93. The first-order chi connectivity index (χ1) is 11.9. The van der Waals surface area contributed by atoms with Gasteiger partial charge in [0, 0.05) is 6.20 Å². The van der Waals surface area contributed by atoms with Crippen molar-refractivity contribution in [3.05, 3.63) is 32.6 Å². The lowest BCUT2D eigenvalue weighted by Gasteiger charge is -2.37. The molecule has 0 radical (unpaired) electrons. The quantitative estimate of drug-likeness (QED) is 0.327. The summed E-state index contributed by atoms with van der Waals surface area (Å²) in [4.78, 5) is 37.1. The molecule has 1 aliphatic rings. The Hall–Kier alpha value is -1.33. The summed E-state index contributed by atoms with van der Waals surface area (Å²) in [6.07, 6.45) is -4.53. The zero-order valence-corrected chi connectivity index (χ0v) is 15.3. The van der Waals surface area contributed by atoms with Crippen LogP contribution in [0.15, 0.2) is 15.8 Å². The van der Waals surface area contributed by atoms with Gasteiger partial charge in [0.1, 0.15) is 30.0 Å². The number of hydrogen-bond acceptors (Lipinski definition) is 8. The van der Waals surface area contributed by atoms with E-state index in [1.54, 1.807) is 6.92 Å². The highest BCUT2D eigenvalue weighted by Gasteiger charge is 2.54. The lowest BCUT2D eigenvalue weighted by molar-refractivity contribution is -0.113. The molecule has 0 bridgehead atoms. The highest BCUT2D eigenvalue weighted by atomic mass is 31.2. The first kappa shape index (κ1) is 21.0. The Bertz CT molecular complexity index is 806. The second-order valence-electron chi connectivity index (χ2n) is 6.44. The maximum atomic E-state index is 12.1. The van der Waals surface area contributed by atoms with Gasteiger partial charge in [0.25, 0.3) is 5.56 Å². The van der Waals surface area contributed by atoms with Crippen molar-refractivity contribution in [3.8, 4) is 0 Å². The van der Waals surface area contributed by atoms with Gasteiger partial charge in [-0.25, -0.2) is 4.79 Å². The van der Waals surface area contributed by atoms with E-state index in [-0.39, 0.29) is 12.0 Å². The second-order valence-corrected chi connectivity index (χ2v) is 8.50. The summed E-state index contributed by atoms with van der Waals surface area (Å²) in [5.74, 6) is -1.67. The summed E-state index contributed by atoms with van der Waals surface area (Å²) >= 11 is 0. The molecule has 1 aromatic rings. The number of aromatic nitrogens is 2. The molecule has 0 aliphatic carbocycles. The summed E-state index contributed by atoms with van der Waals surface area (Å²) in [6, 6.07) is 0. The van der Waals surface area contributed by atoms with Crippen LogP contribution in [0.25, 0.3) is 0 Å². The van der Waals surface area contributed by atoms with Crippen LogP contribution in [0.4, 0.5) is 0 Å². The summed E-state index contributed by atoms with van der Waals surface area (Å²) in [7, 11) is -4.44. The molecule has 2 heterocycles. The average molecular weight is 394 g/mol. The van der Waals surface area contributed by atoms with Gasteiger partial charge in [-0.15, -0.1) is 0 Å². The van der Waals surface area contributed by atoms with Gasteiger partial charge in [-0.1, -0.05) is 6.92 Å². The van der Waals surface area contributed by atoms with E-state index in [4.69, 9.17) is 9.26 Å². The highest BCUT2D eigenvalue weighted by Crippen LogP contribution is 2.53. The summed E-state index contributed by atoms with van der Waals surface area (Å²) < 4.78 is 22.9. The largest absolute Gasteiger partial charge is 0.387 e. The normalized spacial score (nSPS) is 32.0. The zero-order chi connectivity index (χ0) is 19.9. The third-order valence-electron chi connectivity index (χ3n) is 4.53. The number of aromatic amines is 2. The Morgan fingerprint density at radius 3 is 2.50 bits per heavy atom. The molecule has 11 nitrogen and oxygen atoms in total. The maximum Gasteiger partial charge on any atom is 0.356 e. The van der Waals surface area contributed by atoms with Gasteiger partial charge in [-0.05, 0) is 20.3 Å². The molecular formula is C14H23N2O9P. The number of rotatable bonds is 6. The van der Waals surface area contributed by atoms with E-state index in [9.17, 15) is 34.4 Å². The molecule has 2 rings (SSSR count). The van der Waals surface area contributed by atoms with Gasteiger partial charge in [0.2, 0.25) is 0 Å². The smallest absolute Gasteiger partial charge is 0.356 e. The van der Waals surface area contributed by atoms with Crippen LogP contribution in [0.1, 0.15) is 38.9 Å². The number of aliphatic hydroxyl groups excluding tert-OH is 3. The van der Waals surface area contributed by atoms with E-state index >= 15 is 0 Å². The van der Waals surface area contributed by atoms with Crippen LogP contribution in [0.2, 0.25) is 0 Å². The average Bonchev–Trinajstić information content (AvgIpc) is 2.83. The third-order valence-corrected chi connectivity index (χ3v) is 6.16. The molecule has 26 heavy (non-hydrogen) atoms. The fraction of sp³-hybridized carbons (Fsp3) is 0.714. The number of hydrogen-bond donors (Lipinski definition) is 6. The topological polar surface area (TPSA) is 182 Å². The van der Waals surface area contributed by atoms with Crippen LogP contribution in [-0.2, 0) is 13.8 Å². The predicted molar refractivity (Wildman–Crippen MR) is 88.6 cm³/mol. The van der Waals surface area contributed by atoms with Gasteiger partial charge >= 0.3 is 13.3 Å². The van der Waals surface area contributed by atoms with Crippen LogP contribution in [0.5, 0.6) is 0 Å². The van der Waals surface area contributed by atoms with Gasteiger partial charge in [-0.2, -0.15) is 0 Å². The molecule has 148 valence electrons. The van der Waals surface area contributed by atoms with Crippen molar-refractivity contribution in [3.63, 3.8) is 0 Å². The van der Waals surface area contributed by atoms with Crippen molar-refractivity contribution in [2.75, 3.05) is 0 Å². The van der Waals surface area contributed by atoms with E-state index in [1.165, 1.54) is 6.92 Å². The SMILES string of the molecule is CCC(C)(OP(=O)(O)C(C)O)[C@H]1O[C@@H](c2c[nH]c(=O)[nH]c2=O)[C@H](O)[C@@H]1O. The Balaban J connectivity index is 2.36. The standard InChI is InChI=1S/C14H23N2O9P/c1-4-14(3,25-26(22,23)6(2)17)11-9(19)8(18)10(24-11)7-5-15-13(21)16-12(7)20/h5-6,8-11,17-19H,4H2,1-3H3,(H,22,23)(H2,15,16,20,21)/t6?,8-,9+,10+,11+,14?/m1/s1. The summed E-state index contributed by atoms with van der Waals surface area (Å²) in [6.45, 7) is 4.07. The number of nitrogens with one attached hydrogen (secondary N) is 2. The van der Waals surface area contributed by atoms with Crippen LogP contribution < -0.4 is 11.2 Å². The second kappa shape index (κ2) is 7.35. The minimum Gasteiger partial charge on any atom is -0.387 e. The molecule has 0 amide bonds. The van der Waals surface area contributed by atoms with Crippen molar-refractivity contribution in [2.24, 2.45) is 0 Å². The van der Waals surface area contributed by atoms with Gasteiger partial charge in [0.15, 0.2) is 5.85 Å². The minimum absolute atomic E-state index is 0.0907. The lowest BCUT2D eigenvalue weighted by Crippen LogP contribution is -2.48. The molecule has 12 heteroatoms. The van der Waals surface area contributed by atoms with Crippen LogP contribution >= 0.6 is 7.60 Å². The molecular weight excluding hydrogens is 371 g/mol. The van der Waals surface area contributed by atoms with Crippen molar-refractivity contribution < 1.29 is 34.0 Å². The minimum atomic E-state index is -4.44.